The van der Waals surface area contributed by atoms with Gasteiger partial charge >= 0.3 is 0 Å². The summed E-state index contributed by atoms with van der Waals surface area (Å²) in [5.41, 5.74) is 2.76. The van der Waals surface area contributed by atoms with Gasteiger partial charge < -0.3 is 10.2 Å². The van der Waals surface area contributed by atoms with Crippen molar-refractivity contribution in [1.82, 2.24) is 10.2 Å². The molecule has 1 aliphatic rings. The molecule has 0 heterocycles. The van der Waals surface area contributed by atoms with Gasteiger partial charge in [-0.05, 0) is 45.3 Å². The summed E-state index contributed by atoms with van der Waals surface area (Å²) in [6.07, 6.45) is 6.77. The molecule has 1 aliphatic carbocycles. The normalized spacial score (nSPS) is 17.8. The molecular formula is C18H30N2. The fraction of sp³-hybridized carbons (Fsp3) is 0.667. The van der Waals surface area contributed by atoms with E-state index in [9.17, 15) is 0 Å². The zero-order valence-corrected chi connectivity index (χ0v) is 13.4. The van der Waals surface area contributed by atoms with E-state index in [2.05, 4.69) is 55.4 Å². The molecule has 1 N–H and O–H groups in total. The highest BCUT2D eigenvalue weighted by molar-refractivity contribution is 5.24. The summed E-state index contributed by atoms with van der Waals surface area (Å²) in [5, 5.41) is 3.72. The SMILES string of the molecule is CCCNC(CN(C)C1CCCC1)c1ccc(C)cc1. The molecule has 2 rings (SSSR count). The third-order valence-corrected chi connectivity index (χ3v) is 4.54. The lowest BCUT2D eigenvalue weighted by Crippen LogP contribution is -2.38. The molecule has 1 fully saturated rings. The van der Waals surface area contributed by atoms with Crippen LogP contribution < -0.4 is 5.32 Å². The van der Waals surface area contributed by atoms with Gasteiger partial charge in [-0.15, -0.1) is 0 Å². The predicted molar refractivity (Wildman–Crippen MR) is 87.1 cm³/mol. The topological polar surface area (TPSA) is 15.3 Å². The maximum Gasteiger partial charge on any atom is 0.0449 e. The zero-order valence-electron chi connectivity index (χ0n) is 13.4. The van der Waals surface area contributed by atoms with Crippen LogP contribution in [0.3, 0.4) is 0 Å². The molecule has 0 bridgehead atoms. The van der Waals surface area contributed by atoms with Gasteiger partial charge in [0.25, 0.3) is 0 Å². The van der Waals surface area contributed by atoms with Crippen molar-refractivity contribution in [3.8, 4) is 0 Å². The molecule has 0 amide bonds. The van der Waals surface area contributed by atoms with Crippen molar-refractivity contribution in [2.75, 3.05) is 20.1 Å². The monoisotopic (exact) mass is 274 g/mol. The average Bonchev–Trinajstić information content (AvgIpc) is 2.98. The van der Waals surface area contributed by atoms with Crippen LogP contribution in [0.1, 0.15) is 56.2 Å². The third-order valence-electron chi connectivity index (χ3n) is 4.54. The number of aryl methyl sites for hydroxylation is 1. The first-order valence-electron chi connectivity index (χ1n) is 8.21. The molecule has 2 heteroatoms. The number of hydrogen-bond acceptors (Lipinski definition) is 2. The number of rotatable bonds is 7. The minimum absolute atomic E-state index is 0.459. The van der Waals surface area contributed by atoms with Gasteiger partial charge in [-0.2, -0.15) is 0 Å². The number of nitrogens with one attached hydrogen (secondary N) is 1. The van der Waals surface area contributed by atoms with E-state index in [0.29, 0.717) is 6.04 Å². The summed E-state index contributed by atoms with van der Waals surface area (Å²) in [5.74, 6) is 0. The second kappa shape index (κ2) is 7.80. The highest BCUT2D eigenvalue weighted by Gasteiger charge is 2.22. The van der Waals surface area contributed by atoms with Crippen LogP contribution in [-0.2, 0) is 0 Å². The van der Waals surface area contributed by atoms with Crippen LogP contribution in [0.2, 0.25) is 0 Å². The molecule has 112 valence electrons. The highest BCUT2D eigenvalue weighted by atomic mass is 15.2. The van der Waals surface area contributed by atoms with Crippen molar-refractivity contribution < 1.29 is 0 Å². The zero-order chi connectivity index (χ0) is 14.4. The fourth-order valence-electron chi connectivity index (χ4n) is 3.19. The summed E-state index contributed by atoms with van der Waals surface area (Å²) in [4.78, 5) is 2.57. The lowest BCUT2D eigenvalue weighted by Gasteiger charge is -2.29. The molecule has 0 radical (unpaired) electrons. The first-order valence-corrected chi connectivity index (χ1v) is 8.21. The Bertz CT molecular complexity index is 379. The van der Waals surface area contributed by atoms with Gasteiger partial charge in [-0.1, -0.05) is 49.6 Å². The van der Waals surface area contributed by atoms with E-state index in [4.69, 9.17) is 0 Å². The Morgan fingerprint density at radius 1 is 1.20 bits per heavy atom. The molecule has 0 aromatic heterocycles. The molecule has 1 atom stereocenters. The van der Waals surface area contributed by atoms with E-state index in [1.54, 1.807) is 0 Å². The minimum atomic E-state index is 0.459. The van der Waals surface area contributed by atoms with Crippen LogP contribution in [0.5, 0.6) is 0 Å². The average molecular weight is 274 g/mol. The van der Waals surface area contributed by atoms with Gasteiger partial charge in [0.1, 0.15) is 0 Å². The van der Waals surface area contributed by atoms with Gasteiger partial charge in [0.2, 0.25) is 0 Å². The maximum atomic E-state index is 3.72. The minimum Gasteiger partial charge on any atom is -0.309 e. The first-order chi connectivity index (χ1) is 9.70. The van der Waals surface area contributed by atoms with E-state index in [-0.39, 0.29) is 0 Å². The number of nitrogens with zero attached hydrogens (tertiary/aromatic N) is 1. The molecule has 0 aliphatic heterocycles. The van der Waals surface area contributed by atoms with E-state index in [1.165, 1.54) is 43.2 Å². The fourth-order valence-corrected chi connectivity index (χ4v) is 3.19. The Morgan fingerprint density at radius 3 is 2.45 bits per heavy atom. The maximum absolute atomic E-state index is 3.72. The first kappa shape index (κ1) is 15.5. The van der Waals surface area contributed by atoms with E-state index < -0.39 is 0 Å². The predicted octanol–water partition coefficient (Wildman–Crippen LogP) is 3.91. The molecule has 1 aromatic carbocycles. The van der Waals surface area contributed by atoms with Gasteiger partial charge in [-0.25, -0.2) is 0 Å². The van der Waals surface area contributed by atoms with Crippen molar-refractivity contribution >= 4 is 0 Å². The van der Waals surface area contributed by atoms with E-state index >= 15 is 0 Å². The van der Waals surface area contributed by atoms with Gasteiger partial charge in [0.15, 0.2) is 0 Å². The van der Waals surface area contributed by atoms with Crippen molar-refractivity contribution in [3.63, 3.8) is 0 Å². The molecule has 20 heavy (non-hydrogen) atoms. The molecule has 1 aromatic rings. The molecule has 0 saturated heterocycles. The molecule has 2 nitrogen and oxygen atoms in total. The second-order valence-electron chi connectivity index (χ2n) is 6.30. The number of hydrogen-bond donors (Lipinski definition) is 1. The van der Waals surface area contributed by atoms with Gasteiger partial charge in [0, 0.05) is 18.6 Å². The van der Waals surface area contributed by atoms with Crippen LogP contribution in [0, 0.1) is 6.92 Å². The van der Waals surface area contributed by atoms with E-state index in [1.807, 2.05) is 0 Å². The Morgan fingerprint density at radius 2 is 1.85 bits per heavy atom. The van der Waals surface area contributed by atoms with Crippen LogP contribution in [0.15, 0.2) is 24.3 Å². The summed E-state index contributed by atoms with van der Waals surface area (Å²) in [6, 6.07) is 10.3. The van der Waals surface area contributed by atoms with Crippen LogP contribution in [-0.4, -0.2) is 31.1 Å². The summed E-state index contributed by atoms with van der Waals surface area (Å²) in [6.45, 7) is 6.60. The lowest BCUT2D eigenvalue weighted by molar-refractivity contribution is 0.219. The Balaban J connectivity index is 2.00. The smallest absolute Gasteiger partial charge is 0.0449 e. The lowest BCUT2D eigenvalue weighted by atomic mass is 10.0. The van der Waals surface area contributed by atoms with Gasteiger partial charge in [-0.3, -0.25) is 0 Å². The summed E-state index contributed by atoms with van der Waals surface area (Å²) >= 11 is 0. The largest absolute Gasteiger partial charge is 0.309 e. The quantitative estimate of drug-likeness (QED) is 0.811. The Kier molecular flexibility index (Phi) is 6.06. The third kappa shape index (κ3) is 4.32. The van der Waals surface area contributed by atoms with Crippen LogP contribution in [0.4, 0.5) is 0 Å². The van der Waals surface area contributed by atoms with Crippen LogP contribution >= 0.6 is 0 Å². The number of benzene rings is 1. The molecule has 1 unspecified atom stereocenters. The molecular weight excluding hydrogens is 244 g/mol. The Labute approximate surface area is 124 Å². The van der Waals surface area contributed by atoms with Gasteiger partial charge in [0.05, 0.1) is 0 Å². The van der Waals surface area contributed by atoms with E-state index in [0.717, 1.165) is 19.1 Å². The van der Waals surface area contributed by atoms with Crippen molar-refractivity contribution in [1.29, 1.82) is 0 Å². The summed E-state index contributed by atoms with van der Waals surface area (Å²) in [7, 11) is 2.30. The second-order valence-corrected chi connectivity index (χ2v) is 6.30. The number of likely N-dealkylation sites (N-methyl/N-ethyl adjacent to an activating group) is 1. The highest BCUT2D eigenvalue weighted by Crippen LogP contribution is 2.24. The van der Waals surface area contributed by atoms with Crippen molar-refractivity contribution in [2.45, 2.75) is 58.0 Å². The molecule has 0 spiro atoms. The summed E-state index contributed by atoms with van der Waals surface area (Å²) < 4.78 is 0. The molecule has 1 saturated carbocycles. The van der Waals surface area contributed by atoms with Crippen molar-refractivity contribution in [2.24, 2.45) is 0 Å². The Hall–Kier alpha value is -0.860. The van der Waals surface area contributed by atoms with Crippen LogP contribution in [0.25, 0.3) is 0 Å². The van der Waals surface area contributed by atoms with Crippen molar-refractivity contribution in [3.05, 3.63) is 35.4 Å². The standard InChI is InChI=1S/C18H30N2/c1-4-13-19-18(16-11-9-15(2)10-12-16)14-20(3)17-7-5-6-8-17/h9-12,17-19H,4-8,13-14H2,1-3H3.